The van der Waals surface area contributed by atoms with Crippen LogP contribution in [0.25, 0.3) is 22.3 Å². The lowest BCUT2D eigenvalue weighted by atomic mass is 9.79. The highest BCUT2D eigenvalue weighted by molar-refractivity contribution is 7.86. The van der Waals surface area contributed by atoms with Crippen LogP contribution in [0.1, 0.15) is 37.8 Å². The molecule has 1 aliphatic carbocycles. The monoisotopic (exact) mass is 437 g/mol. The number of hydrogen-bond donors (Lipinski definition) is 1. The molecule has 1 unspecified atom stereocenters. The van der Waals surface area contributed by atoms with Crippen molar-refractivity contribution in [3.63, 3.8) is 0 Å². The lowest BCUT2D eigenvalue weighted by molar-refractivity contribution is -0.137. The van der Waals surface area contributed by atoms with Gasteiger partial charge >= 0.3 is 6.18 Å². The Labute approximate surface area is 174 Å². The Balaban J connectivity index is 0.00000106. The van der Waals surface area contributed by atoms with Crippen molar-refractivity contribution in [1.82, 2.24) is 14.8 Å². The molecule has 1 N–H and O–H groups in total. The molecule has 160 valence electrons. The maximum atomic E-state index is 12.9. The van der Waals surface area contributed by atoms with Gasteiger partial charge in [-0.15, -0.1) is 0 Å². The van der Waals surface area contributed by atoms with E-state index in [9.17, 15) is 22.5 Å². The van der Waals surface area contributed by atoms with Gasteiger partial charge in [0.15, 0.2) is 5.65 Å². The van der Waals surface area contributed by atoms with Gasteiger partial charge in [0.25, 0.3) is 0 Å². The molecule has 3 aliphatic rings. The molecule has 3 fully saturated rings. The molecular formula is C21H22F3N3O2S. The Hall–Kier alpha value is -2.42. The standard InChI is InChI=1S/C19H16F3N3O2S.C2H6/c1-10-4-12(19(20,21)22)5-15(26)16(10)14-3-2-11-8-25(24-17(11)23-14)18-6-13(7-18)28(27)9-18;1-2/h2-5,8,13,26H,6-7,9H2,1H3;1-2H3. The number of pyridine rings is 1. The van der Waals surface area contributed by atoms with Gasteiger partial charge in [-0.05, 0) is 49.6 Å². The van der Waals surface area contributed by atoms with Crippen LogP contribution < -0.4 is 0 Å². The van der Waals surface area contributed by atoms with E-state index < -0.39 is 28.3 Å². The lowest BCUT2D eigenvalue weighted by Gasteiger charge is -2.36. The van der Waals surface area contributed by atoms with Crippen LogP contribution in [-0.4, -0.2) is 35.1 Å². The number of aryl methyl sites for hydroxylation is 1. The van der Waals surface area contributed by atoms with Gasteiger partial charge in [0.2, 0.25) is 0 Å². The summed E-state index contributed by atoms with van der Waals surface area (Å²) in [6.07, 6.45) is -0.957. The third kappa shape index (κ3) is 3.19. The summed E-state index contributed by atoms with van der Waals surface area (Å²) >= 11 is 0. The van der Waals surface area contributed by atoms with Gasteiger partial charge in [-0.2, -0.15) is 18.3 Å². The first kappa shape index (κ1) is 20.8. The molecule has 2 bridgehead atoms. The van der Waals surface area contributed by atoms with Gasteiger partial charge in [0.05, 0.1) is 16.8 Å². The van der Waals surface area contributed by atoms with Crippen molar-refractivity contribution in [1.29, 1.82) is 0 Å². The van der Waals surface area contributed by atoms with Gasteiger partial charge in [0, 0.05) is 38.9 Å². The van der Waals surface area contributed by atoms with E-state index in [-0.39, 0.29) is 21.9 Å². The molecule has 6 rings (SSSR count). The van der Waals surface area contributed by atoms with Gasteiger partial charge in [-0.25, -0.2) is 4.98 Å². The highest BCUT2D eigenvalue weighted by Gasteiger charge is 2.57. The van der Waals surface area contributed by atoms with E-state index in [0.717, 1.165) is 24.3 Å². The fourth-order valence-corrected chi connectivity index (χ4v) is 6.40. The number of benzene rings is 1. The predicted octanol–water partition coefficient (Wildman–Crippen LogP) is 4.78. The molecule has 2 saturated heterocycles. The highest BCUT2D eigenvalue weighted by atomic mass is 32.2. The van der Waals surface area contributed by atoms with E-state index in [4.69, 9.17) is 0 Å². The Kier molecular flexibility index (Phi) is 4.91. The van der Waals surface area contributed by atoms with Crippen LogP contribution in [0.5, 0.6) is 5.75 Å². The largest absolute Gasteiger partial charge is 0.507 e. The van der Waals surface area contributed by atoms with Crippen molar-refractivity contribution < 1.29 is 22.5 Å². The first-order valence-corrected chi connectivity index (χ1v) is 11.2. The number of phenols is 1. The fourth-order valence-electron chi connectivity index (χ4n) is 4.28. The molecule has 4 heterocycles. The summed E-state index contributed by atoms with van der Waals surface area (Å²) in [4.78, 5) is 4.47. The summed E-state index contributed by atoms with van der Waals surface area (Å²) in [5.41, 5.74) is 0.248. The van der Waals surface area contributed by atoms with E-state index in [1.807, 2.05) is 24.7 Å². The fraction of sp³-hybridized carbons (Fsp3) is 0.429. The minimum Gasteiger partial charge on any atom is -0.507 e. The minimum absolute atomic E-state index is 0.206. The summed E-state index contributed by atoms with van der Waals surface area (Å²) in [6, 6.07) is 5.17. The summed E-state index contributed by atoms with van der Waals surface area (Å²) in [7, 11) is -0.811. The van der Waals surface area contributed by atoms with Crippen molar-refractivity contribution in [2.24, 2.45) is 0 Å². The van der Waals surface area contributed by atoms with E-state index in [0.29, 0.717) is 23.2 Å². The molecule has 0 spiro atoms. The van der Waals surface area contributed by atoms with Crippen molar-refractivity contribution in [2.75, 3.05) is 5.75 Å². The second-order valence-electron chi connectivity index (χ2n) is 7.65. The van der Waals surface area contributed by atoms with E-state index in [1.54, 1.807) is 12.1 Å². The van der Waals surface area contributed by atoms with Gasteiger partial charge < -0.3 is 5.11 Å². The average molecular weight is 437 g/mol. The van der Waals surface area contributed by atoms with Crippen LogP contribution in [0.2, 0.25) is 0 Å². The molecule has 1 saturated carbocycles. The number of halogens is 3. The molecule has 2 aromatic heterocycles. The predicted molar refractivity (Wildman–Crippen MR) is 110 cm³/mol. The maximum absolute atomic E-state index is 12.9. The zero-order valence-corrected chi connectivity index (χ0v) is 17.6. The molecule has 0 radical (unpaired) electrons. The Morgan fingerprint density at radius 2 is 1.93 bits per heavy atom. The first-order chi connectivity index (χ1) is 14.2. The van der Waals surface area contributed by atoms with Crippen molar-refractivity contribution in [3.8, 4) is 17.0 Å². The van der Waals surface area contributed by atoms with Crippen LogP contribution in [0, 0.1) is 6.92 Å². The third-order valence-electron chi connectivity index (χ3n) is 5.75. The number of phenolic OH excluding ortho intramolecular Hbond substituents is 1. The molecule has 9 heteroatoms. The Morgan fingerprint density at radius 3 is 2.50 bits per heavy atom. The number of fused-ring (bicyclic) bond motifs is 2. The molecule has 0 amide bonds. The summed E-state index contributed by atoms with van der Waals surface area (Å²) in [6.45, 7) is 5.51. The molecule has 1 atom stereocenters. The normalized spacial score (nSPS) is 25.0. The zero-order valence-electron chi connectivity index (χ0n) is 16.8. The van der Waals surface area contributed by atoms with Crippen LogP contribution >= 0.6 is 0 Å². The smallest absolute Gasteiger partial charge is 0.416 e. The molecule has 1 aromatic carbocycles. The summed E-state index contributed by atoms with van der Waals surface area (Å²) in [5, 5.41) is 15.8. The Morgan fingerprint density at radius 1 is 1.23 bits per heavy atom. The Bertz CT molecular complexity index is 1130. The topological polar surface area (TPSA) is 68.0 Å². The van der Waals surface area contributed by atoms with Crippen LogP contribution in [0.3, 0.4) is 0 Å². The van der Waals surface area contributed by atoms with Gasteiger partial charge in [-0.1, -0.05) is 13.8 Å². The average Bonchev–Trinajstić information content (AvgIpc) is 3.31. The van der Waals surface area contributed by atoms with Gasteiger partial charge in [-0.3, -0.25) is 8.89 Å². The molecular weight excluding hydrogens is 415 g/mol. The molecule has 5 nitrogen and oxygen atoms in total. The second kappa shape index (κ2) is 7.08. The molecule has 3 aromatic rings. The highest BCUT2D eigenvalue weighted by Crippen LogP contribution is 2.50. The SMILES string of the molecule is CC.Cc1cc(C(F)(F)F)cc(O)c1-c1ccc2cn(C34CC(C3)S(=O)C4)nc2n1. The van der Waals surface area contributed by atoms with E-state index in [1.165, 1.54) is 6.92 Å². The third-order valence-corrected chi connectivity index (χ3v) is 7.65. The van der Waals surface area contributed by atoms with Gasteiger partial charge in [0.1, 0.15) is 5.75 Å². The number of alkyl halides is 3. The first-order valence-electron chi connectivity index (χ1n) is 9.82. The summed E-state index contributed by atoms with van der Waals surface area (Å²) < 4.78 is 52.7. The minimum atomic E-state index is -4.53. The molecule has 30 heavy (non-hydrogen) atoms. The molecule has 2 aliphatic heterocycles. The number of hydrogen-bond acceptors (Lipinski definition) is 4. The van der Waals surface area contributed by atoms with Crippen LogP contribution in [0.15, 0.2) is 30.5 Å². The van der Waals surface area contributed by atoms with Crippen molar-refractivity contribution in [3.05, 3.63) is 41.6 Å². The van der Waals surface area contributed by atoms with E-state index in [2.05, 4.69) is 10.1 Å². The summed E-state index contributed by atoms with van der Waals surface area (Å²) in [5.74, 6) is 0.127. The lowest BCUT2D eigenvalue weighted by Crippen LogP contribution is -2.43. The van der Waals surface area contributed by atoms with E-state index >= 15 is 0 Å². The van der Waals surface area contributed by atoms with Crippen LogP contribution in [-0.2, 0) is 22.5 Å². The quantitative estimate of drug-likeness (QED) is 0.627. The van der Waals surface area contributed by atoms with Crippen molar-refractivity contribution >= 4 is 21.8 Å². The second-order valence-corrected chi connectivity index (χ2v) is 9.36. The number of rotatable bonds is 2. The van der Waals surface area contributed by atoms with Crippen molar-refractivity contribution in [2.45, 2.75) is 50.6 Å². The number of aromatic hydroxyl groups is 1. The zero-order chi connectivity index (χ0) is 21.8. The van der Waals surface area contributed by atoms with Crippen LogP contribution in [0.4, 0.5) is 13.2 Å². The number of nitrogens with zero attached hydrogens (tertiary/aromatic N) is 3. The maximum Gasteiger partial charge on any atom is 0.416 e. The number of aromatic nitrogens is 3.